The van der Waals surface area contributed by atoms with Gasteiger partial charge in [0.1, 0.15) is 0 Å². The number of carbonyl (C=O) groups excluding carboxylic acids is 1. The number of nitrogens with two attached hydrogens (primary N) is 1. The van der Waals surface area contributed by atoms with Gasteiger partial charge in [0.05, 0.1) is 12.0 Å². The van der Waals surface area contributed by atoms with Crippen molar-refractivity contribution in [1.29, 1.82) is 0 Å². The Morgan fingerprint density at radius 1 is 1.47 bits per heavy atom. The van der Waals surface area contributed by atoms with Gasteiger partial charge in [-0.2, -0.15) is 0 Å². The van der Waals surface area contributed by atoms with Gasteiger partial charge in [-0.1, -0.05) is 13.8 Å². The van der Waals surface area contributed by atoms with Gasteiger partial charge in [-0.05, 0) is 19.3 Å². The molecule has 0 aliphatic rings. The summed E-state index contributed by atoms with van der Waals surface area (Å²) in [6.07, 6.45) is 0.608. The van der Waals surface area contributed by atoms with E-state index >= 15 is 0 Å². The first-order valence-electron chi connectivity index (χ1n) is 5.41. The SMILES string of the molecule is CCOC(=O)C(CN)(CCOC)C(C)C. The number of carbonyl (C=O) groups is 1. The van der Waals surface area contributed by atoms with Crippen LogP contribution < -0.4 is 5.73 Å². The summed E-state index contributed by atoms with van der Waals surface area (Å²) in [4.78, 5) is 11.9. The predicted molar refractivity (Wildman–Crippen MR) is 59.5 cm³/mol. The Balaban J connectivity index is 4.71. The second-order valence-corrected chi connectivity index (χ2v) is 3.98. The number of hydrogen-bond acceptors (Lipinski definition) is 4. The van der Waals surface area contributed by atoms with E-state index in [1.807, 2.05) is 13.8 Å². The van der Waals surface area contributed by atoms with Crippen LogP contribution in [-0.4, -0.2) is 32.8 Å². The predicted octanol–water partition coefficient (Wildman–Crippen LogP) is 1.19. The first-order valence-corrected chi connectivity index (χ1v) is 5.41. The van der Waals surface area contributed by atoms with Gasteiger partial charge in [0.2, 0.25) is 0 Å². The van der Waals surface area contributed by atoms with E-state index in [2.05, 4.69) is 0 Å². The molecule has 0 saturated carbocycles. The molecule has 90 valence electrons. The Morgan fingerprint density at radius 3 is 2.40 bits per heavy atom. The fraction of sp³-hybridized carbons (Fsp3) is 0.909. The quantitative estimate of drug-likeness (QED) is 0.651. The zero-order chi connectivity index (χ0) is 11.9. The van der Waals surface area contributed by atoms with Crippen molar-refractivity contribution in [2.75, 3.05) is 26.9 Å². The minimum atomic E-state index is -0.605. The standard InChI is InChI=1S/C11H23NO3/c1-5-15-10(13)11(8-12,9(2)3)6-7-14-4/h9H,5-8,12H2,1-4H3. The summed E-state index contributed by atoms with van der Waals surface area (Å²) >= 11 is 0. The van der Waals surface area contributed by atoms with Crippen LogP contribution in [0.15, 0.2) is 0 Å². The molecule has 4 heteroatoms. The maximum Gasteiger partial charge on any atom is 0.313 e. The highest BCUT2D eigenvalue weighted by Gasteiger charge is 2.41. The second-order valence-electron chi connectivity index (χ2n) is 3.98. The number of esters is 1. The molecule has 15 heavy (non-hydrogen) atoms. The molecule has 0 amide bonds. The molecule has 0 heterocycles. The highest BCUT2D eigenvalue weighted by molar-refractivity contribution is 5.77. The molecule has 0 saturated heterocycles. The number of rotatable bonds is 7. The molecule has 0 spiro atoms. The zero-order valence-corrected chi connectivity index (χ0v) is 10.2. The Morgan fingerprint density at radius 2 is 2.07 bits per heavy atom. The fourth-order valence-corrected chi connectivity index (χ4v) is 1.61. The van der Waals surface area contributed by atoms with Crippen LogP contribution >= 0.6 is 0 Å². The van der Waals surface area contributed by atoms with Crippen LogP contribution in [0.5, 0.6) is 0 Å². The minimum Gasteiger partial charge on any atom is -0.466 e. The summed E-state index contributed by atoms with van der Waals surface area (Å²) in [6, 6.07) is 0. The van der Waals surface area contributed by atoms with Gasteiger partial charge in [0.25, 0.3) is 0 Å². The third kappa shape index (κ3) is 3.47. The molecule has 0 aliphatic heterocycles. The molecule has 4 nitrogen and oxygen atoms in total. The maximum absolute atomic E-state index is 11.9. The molecule has 0 fully saturated rings. The van der Waals surface area contributed by atoms with Gasteiger partial charge >= 0.3 is 5.97 Å². The third-order valence-electron chi connectivity index (χ3n) is 2.90. The normalized spacial score (nSPS) is 15.1. The van der Waals surface area contributed by atoms with Crippen molar-refractivity contribution in [3.05, 3.63) is 0 Å². The molecule has 0 aromatic rings. The fourth-order valence-electron chi connectivity index (χ4n) is 1.61. The van der Waals surface area contributed by atoms with E-state index in [9.17, 15) is 4.79 Å². The average molecular weight is 217 g/mol. The van der Waals surface area contributed by atoms with Crippen LogP contribution in [0, 0.1) is 11.3 Å². The molecule has 0 aliphatic carbocycles. The molecule has 0 aromatic carbocycles. The van der Waals surface area contributed by atoms with Gasteiger partial charge in [0, 0.05) is 20.3 Å². The van der Waals surface area contributed by atoms with E-state index < -0.39 is 5.41 Å². The monoisotopic (exact) mass is 217 g/mol. The van der Waals surface area contributed by atoms with E-state index in [0.29, 0.717) is 26.2 Å². The lowest BCUT2D eigenvalue weighted by Crippen LogP contribution is -2.45. The molecule has 0 aromatic heterocycles. The highest BCUT2D eigenvalue weighted by Crippen LogP contribution is 2.32. The Labute approximate surface area is 92.1 Å². The molecule has 1 unspecified atom stereocenters. The van der Waals surface area contributed by atoms with Crippen molar-refractivity contribution in [3.8, 4) is 0 Å². The lowest BCUT2D eigenvalue weighted by atomic mass is 9.74. The van der Waals surface area contributed by atoms with Crippen LogP contribution in [0.1, 0.15) is 27.2 Å². The van der Waals surface area contributed by atoms with Crippen molar-refractivity contribution in [3.63, 3.8) is 0 Å². The van der Waals surface area contributed by atoms with E-state index in [4.69, 9.17) is 15.2 Å². The summed E-state index contributed by atoms with van der Waals surface area (Å²) in [5.41, 5.74) is 5.12. The minimum absolute atomic E-state index is 0.150. The molecule has 0 rings (SSSR count). The summed E-state index contributed by atoms with van der Waals surface area (Å²) in [6.45, 7) is 6.98. The maximum atomic E-state index is 11.9. The summed E-state index contributed by atoms with van der Waals surface area (Å²) < 4.78 is 10.1. The van der Waals surface area contributed by atoms with Crippen LogP contribution in [-0.2, 0) is 14.3 Å². The van der Waals surface area contributed by atoms with E-state index in [0.717, 1.165) is 0 Å². The third-order valence-corrected chi connectivity index (χ3v) is 2.90. The largest absolute Gasteiger partial charge is 0.466 e. The van der Waals surface area contributed by atoms with Crippen molar-refractivity contribution >= 4 is 5.97 Å². The molecule has 0 radical (unpaired) electrons. The van der Waals surface area contributed by atoms with E-state index in [1.54, 1.807) is 14.0 Å². The molecular weight excluding hydrogens is 194 g/mol. The van der Waals surface area contributed by atoms with Crippen LogP contribution in [0.2, 0.25) is 0 Å². The van der Waals surface area contributed by atoms with Crippen molar-refractivity contribution in [2.45, 2.75) is 27.2 Å². The lowest BCUT2D eigenvalue weighted by molar-refractivity contribution is -0.159. The summed E-state index contributed by atoms with van der Waals surface area (Å²) in [7, 11) is 1.62. The molecule has 2 N–H and O–H groups in total. The van der Waals surface area contributed by atoms with Gasteiger partial charge in [-0.3, -0.25) is 4.79 Å². The van der Waals surface area contributed by atoms with Crippen LogP contribution in [0.4, 0.5) is 0 Å². The average Bonchev–Trinajstić information content (AvgIpc) is 2.19. The second kappa shape index (κ2) is 6.80. The van der Waals surface area contributed by atoms with Crippen molar-refractivity contribution in [2.24, 2.45) is 17.1 Å². The highest BCUT2D eigenvalue weighted by atomic mass is 16.5. The molecule has 1 atom stereocenters. The van der Waals surface area contributed by atoms with Crippen LogP contribution in [0.25, 0.3) is 0 Å². The number of methoxy groups -OCH3 is 1. The van der Waals surface area contributed by atoms with E-state index in [-0.39, 0.29) is 11.9 Å². The Bertz CT molecular complexity index is 194. The smallest absolute Gasteiger partial charge is 0.313 e. The van der Waals surface area contributed by atoms with Gasteiger partial charge < -0.3 is 15.2 Å². The number of hydrogen-bond donors (Lipinski definition) is 1. The first-order chi connectivity index (χ1) is 7.05. The van der Waals surface area contributed by atoms with Crippen LogP contribution in [0.3, 0.4) is 0 Å². The first kappa shape index (κ1) is 14.4. The molecule has 0 bridgehead atoms. The topological polar surface area (TPSA) is 61.5 Å². The molecular formula is C11H23NO3. The van der Waals surface area contributed by atoms with Gasteiger partial charge in [-0.25, -0.2) is 0 Å². The summed E-state index contributed by atoms with van der Waals surface area (Å²) in [5.74, 6) is -0.0590. The Hall–Kier alpha value is -0.610. The van der Waals surface area contributed by atoms with Gasteiger partial charge in [-0.15, -0.1) is 0 Å². The Kier molecular flexibility index (Phi) is 6.52. The lowest BCUT2D eigenvalue weighted by Gasteiger charge is -2.33. The summed E-state index contributed by atoms with van der Waals surface area (Å²) in [5, 5.41) is 0. The van der Waals surface area contributed by atoms with Gasteiger partial charge in [0.15, 0.2) is 0 Å². The zero-order valence-electron chi connectivity index (χ0n) is 10.2. The van der Waals surface area contributed by atoms with E-state index in [1.165, 1.54) is 0 Å². The van der Waals surface area contributed by atoms with Crippen molar-refractivity contribution in [1.82, 2.24) is 0 Å². The number of ether oxygens (including phenoxy) is 2. The van der Waals surface area contributed by atoms with Crippen molar-refractivity contribution < 1.29 is 14.3 Å².